The van der Waals surface area contributed by atoms with E-state index in [9.17, 15) is 4.79 Å². The molecule has 88 valence electrons. The van der Waals surface area contributed by atoms with Crippen LogP contribution in [0.2, 0.25) is 0 Å². The lowest BCUT2D eigenvalue weighted by Gasteiger charge is -2.09. The second kappa shape index (κ2) is 6.07. The van der Waals surface area contributed by atoms with E-state index < -0.39 is 6.10 Å². The number of hydrogen-bond donors (Lipinski definition) is 3. The lowest BCUT2D eigenvalue weighted by atomic mass is 10.2. The van der Waals surface area contributed by atoms with E-state index >= 15 is 0 Å². The molecule has 5 heteroatoms. The molecule has 0 aliphatic heterocycles. The third kappa shape index (κ3) is 4.27. The predicted molar refractivity (Wildman–Crippen MR) is 62.3 cm³/mol. The number of amides is 2. The van der Waals surface area contributed by atoms with Crippen LogP contribution in [-0.2, 0) is 0 Å². The summed E-state index contributed by atoms with van der Waals surface area (Å²) in [5, 5.41) is 14.4. The van der Waals surface area contributed by atoms with Gasteiger partial charge in [-0.3, -0.25) is 4.98 Å². The summed E-state index contributed by atoms with van der Waals surface area (Å²) in [6.45, 7) is 4.01. The van der Waals surface area contributed by atoms with Crippen molar-refractivity contribution in [2.75, 3.05) is 11.9 Å². The molecule has 1 rings (SSSR count). The number of carbonyl (C=O) groups excluding carboxylic acids is 1. The first-order valence-electron chi connectivity index (χ1n) is 5.23. The van der Waals surface area contributed by atoms with Gasteiger partial charge < -0.3 is 15.7 Å². The maximum Gasteiger partial charge on any atom is 0.319 e. The van der Waals surface area contributed by atoms with Crippen LogP contribution in [0.15, 0.2) is 18.5 Å². The summed E-state index contributed by atoms with van der Waals surface area (Å²) in [4.78, 5) is 15.4. The summed E-state index contributed by atoms with van der Waals surface area (Å²) in [5.74, 6) is 0. The molecule has 0 saturated heterocycles. The normalized spacial score (nSPS) is 11.9. The fourth-order valence-corrected chi connectivity index (χ4v) is 1.17. The topological polar surface area (TPSA) is 74.2 Å². The van der Waals surface area contributed by atoms with E-state index in [1.807, 2.05) is 6.92 Å². The summed E-state index contributed by atoms with van der Waals surface area (Å²) >= 11 is 0. The smallest absolute Gasteiger partial charge is 0.319 e. The zero-order valence-electron chi connectivity index (χ0n) is 9.53. The maximum atomic E-state index is 11.4. The van der Waals surface area contributed by atoms with Crippen LogP contribution in [0, 0.1) is 6.92 Å². The number of rotatable bonds is 4. The first-order valence-corrected chi connectivity index (χ1v) is 5.23. The van der Waals surface area contributed by atoms with Crippen LogP contribution >= 0.6 is 0 Å². The molecule has 0 bridgehead atoms. The van der Waals surface area contributed by atoms with Crippen LogP contribution in [0.5, 0.6) is 0 Å². The standard InChI is InChI=1S/C11H17N3O2/c1-8-7-12-5-4-10(8)14-11(16)13-6-3-9(2)15/h4-5,7,9,15H,3,6H2,1-2H3,(H2,12,13,14,16). The highest BCUT2D eigenvalue weighted by molar-refractivity contribution is 5.89. The van der Waals surface area contributed by atoms with E-state index in [-0.39, 0.29) is 6.03 Å². The molecule has 1 heterocycles. The number of nitrogens with zero attached hydrogens (tertiary/aromatic N) is 1. The minimum Gasteiger partial charge on any atom is -0.393 e. The molecule has 0 aliphatic rings. The van der Waals surface area contributed by atoms with Crippen molar-refractivity contribution >= 4 is 11.7 Å². The van der Waals surface area contributed by atoms with Crippen LogP contribution in [0.3, 0.4) is 0 Å². The largest absolute Gasteiger partial charge is 0.393 e. The van der Waals surface area contributed by atoms with Crippen LogP contribution in [0.25, 0.3) is 0 Å². The second-order valence-corrected chi connectivity index (χ2v) is 3.71. The molecule has 1 atom stereocenters. The van der Waals surface area contributed by atoms with E-state index in [4.69, 9.17) is 5.11 Å². The monoisotopic (exact) mass is 223 g/mol. The van der Waals surface area contributed by atoms with Gasteiger partial charge in [-0.05, 0) is 31.9 Å². The number of hydrogen-bond acceptors (Lipinski definition) is 3. The van der Waals surface area contributed by atoms with Gasteiger partial charge in [0.1, 0.15) is 0 Å². The van der Waals surface area contributed by atoms with Gasteiger partial charge in [-0.2, -0.15) is 0 Å². The van der Waals surface area contributed by atoms with E-state index in [1.165, 1.54) is 0 Å². The highest BCUT2D eigenvalue weighted by atomic mass is 16.3. The van der Waals surface area contributed by atoms with Crippen molar-refractivity contribution < 1.29 is 9.90 Å². The third-order valence-corrected chi connectivity index (χ3v) is 2.12. The van der Waals surface area contributed by atoms with Crippen molar-refractivity contribution in [2.24, 2.45) is 0 Å². The molecule has 16 heavy (non-hydrogen) atoms. The Hall–Kier alpha value is -1.62. The highest BCUT2D eigenvalue weighted by Crippen LogP contribution is 2.10. The first kappa shape index (κ1) is 12.4. The maximum absolute atomic E-state index is 11.4. The molecule has 1 aromatic rings. The molecule has 0 aliphatic carbocycles. The fourth-order valence-electron chi connectivity index (χ4n) is 1.17. The van der Waals surface area contributed by atoms with E-state index in [0.717, 1.165) is 11.3 Å². The Morgan fingerprint density at radius 1 is 1.62 bits per heavy atom. The molecule has 2 amide bonds. The highest BCUT2D eigenvalue weighted by Gasteiger charge is 2.03. The van der Waals surface area contributed by atoms with E-state index in [1.54, 1.807) is 25.4 Å². The second-order valence-electron chi connectivity index (χ2n) is 3.71. The number of carbonyl (C=O) groups is 1. The number of nitrogens with one attached hydrogen (secondary N) is 2. The lowest BCUT2D eigenvalue weighted by molar-refractivity contribution is 0.184. The van der Waals surface area contributed by atoms with Gasteiger partial charge in [-0.15, -0.1) is 0 Å². The molecule has 0 fully saturated rings. The van der Waals surface area contributed by atoms with Crippen molar-refractivity contribution in [3.8, 4) is 0 Å². The number of pyridine rings is 1. The Morgan fingerprint density at radius 2 is 2.38 bits per heavy atom. The van der Waals surface area contributed by atoms with Gasteiger partial charge in [0.25, 0.3) is 0 Å². The van der Waals surface area contributed by atoms with E-state index in [0.29, 0.717) is 13.0 Å². The van der Waals surface area contributed by atoms with Crippen molar-refractivity contribution in [1.82, 2.24) is 10.3 Å². The molecular weight excluding hydrogens is 206 g/mol. The van der Waals surface area contributed by atoms with Gasteiger partial charge in [0.05, 0.1) is 6.10 Å². The summed E-state index contributed by atoms with van der Waals surface area (Å²) in [6, 6.07) is 1.47. The average molecular weight is 223 g/mol. The Labute approximate surface area is 94.9 Å². The van der Waals surface area contributed by atoms with E-state index in [2.05, 4.69) is 15.6 Å². The lowest BCUT2D eigenvalue weighted by Crippen LogP contribution is -2.31. The van der Waals surface area contributed by atoms with Crippen molar-refractivity contribution in [1.29, 1.82) is 0 Å². The van der Waals surface area contributed by atoms with Gasteiger partial charge in [-0.1, -0.05) is 0 Å². The van der Waals surface area contributed by atoms with Gasteiger partial charge >= 0.3 is 6.03 Å². The van der Waals surface area contributed by atoms with Crippen LogP contribution in [0.1, 0.15) is 18.9 Å². The molecule has 3 N–H and O–H groups in total. The molecule has 0 aromatic carbocycles. The van der Waals surface area contributed by atoms with Gasteiger partial charge in [-0.25, -0.2) is 4.79 Å². The van der Waals surface area contributed by atoms with Crippen LogP contribution < -0.4 is 10.6 Å². The summed E-state index contributed by atoms with van der Waals surface area (Å²) in [5.41, 5.74) is 1.65. The van der Waals surface area contributed by atoms with Crippen molar-refractivity contribution in [3.63, 3.8) is 0 Å². The number of aromatic nitrogens is 1. The minimum absolute atomic E-state index is 0.269. The summed E-state index contributed by atoms with van der Waals surface area (Å²) in [7, 11) is 0. The number of urea groups is 1. The zero-order chi connectivity index (χ0) is 12.0. The molecule has 0 spiro atoms. The first-order chi connectivity index (χ1) is 7.59. The number of aryl methyl sites for hydroxylation is 1. The van der Waals surface area contributed by atoms with Gasteiger partial charge in [0, 0.05) is 24.6 Å². The van der Waals surface area contributed by atoms with Crippen LogP contribution in [-0.4, -0.2) is 28.8 Å². The summed E-state index contributed by atoms with van der Waals surface area (Å²) < 4.78 is 0. The number of aliphatic hydroxyl groups excluding tert-OH is 1. The predicted octanol–water partition coefficient (Wildman–Crippen LogP) is 1.28. The molecular formula is C11H17N3O2. The Kier molecular flexibility index (Phi) is 4.72. The van der Waals surface area contributed by atoms with Gasteiger partial charge in [0.15, 0.2) is 0 Å². The molecule has 0 saturated carbocycles. The molecule has 1 aromatic heterocycles. The minimum atomic E-state index is -0.400. The molecule has 0 radical (unpaired) electrons. The Balaban J connectivity index is 2.37. The average Bonchev–Trinajstić information content (AvgIpc) is 2.21. The Morgan fingerprint density at radius 3 is 3.00 bits per heavy atom. The van der Waals surface area contributed by atoms with Crippen molar-refractivity contribution in [2.45, 2.75) is 26.4 Å². The van der Waals surface area contributed by atoms with Crippen LogP contribution in [0.4, 0.5) is 10.5 Å². The van der Waals surface area contributed by atoms with Gasteiger partial charge in [0.2, 0.25) is 0 Å². The van der Waals surface area contributed by atoms with Crippen molar-refractivity contribution in [3.05, 3.63) is 24.0 Å². The molecule has 5 nitrogen and oxygen atoms in total. The third-order valence-electron chi connectivity index (χ3n) is 2.12. The number of anilines is 1. The summed E-state index contributed by atoms with van der Waals surface area (Å²) in [6.07, 6.45) is 3.45. The SMILES string of the molecule is Cc1cnccc1NC(=O)NCCC(C)O. The Bertz CT molecular complexity index is 353. The zero-order valence-corrected chi connectivity index (χ0v) is 9.53. The quantitative estimate of drug-likeness (QED) is 0.720. The fraction of sp³-hybridized carbons (Fsp3) is 0.455. The number of aliphatic hydroxyl groups is 1. The molecule has 1 unspecified atom stereocenters.